The van der Waals surface area contributed by atoms with Gasteiger partial charge < -0.3 is 19.1 Å². The first-order valence-electron chi connectivity index (χ1n) is 23.2. The topological polar surface area (TPSA) is 93.2 Å². The monoisotopic (exact) mass is 894 g/mol. The van der Waals surface area contributed by atoms with Crippen LogP contribution in [-0.2, 0) is 4.74 Å². The molecule has 2 aromatic carbocycles. The lowest BCUT2D eigenvalue weighted by molar-refractivity contribution is 0.000934. The summed E-state index contributed by atoms with van der Waals surface area (Å²) in [7, 11) is -2.31. The van der Waals surface area contributed by atoms with E-state index in [9.17, 15) is 9.18 Å². The van der Waals surface area contributed by atoms with Crippen LogP contribution in [0.5, 0.6) is 11.9 Å². The highest BCUT2D eigenvalue weighted by Crippen LogP contribution is 2.49. The van der Waals surface area contributed by atoms with Gasteiger partial charge in [-0.05, 0) is 100.0 Å². The summed E-state index contributed by atoms with van der Waals surface area (Å²) in [5.74, 6) is 2.64. The molecular formula is C50H61F3N6O4Si. The molecule has 0 N–H and O–H groups in total. The molecular weight excluding hydrogens is 834 g/mol. The number of halogens is 3. The Kier molecular flexibility index (Phi) is 11.2. The Morgan fingerprint density at radius 2 is 1.77 bits per heavy atom. The molecule has 1 amide bonds. The average molecular weight is 895 g/mol. The van der Waals surface area contributed by atoms with Crippen LogP contribution < -0.4 is 14.4 Å². The molecule has 0 spiro atoms. The standard InChI is InChI=1S/C50H61F3N6O4Si/c1-28(2)64(29(3)4,30(5)6)24-20-35-37(52)17-15-32-13-11-14-36(39(32)35)42-41(53)43-40-45(56-47(55-43)61-27-50-21-12-22-57(50)23-19-33(50)25-51)58-26-34-16-18-38(44(58)31(7)62-46(40)54-42)59(34)48(60)63-49(8,9)10/h11,13-15,17,25,28-31,34,38,44H,12,16,18-19,21-23,26-27H2,1-10H3/b33-25+/t31-,34+,38-,44+,50?/m0/s1. The van der Waals surface area contributed by atoms with Crippen molar-refractivity contribution in [3.05, 3.63) is 59.4 Å². The highest BCUT2D eigenvalue weighted by molar-refractivity contribution is 6.90. The van der Waals surface area contributed by atoms with Crippen LogP contribution in [0.15, 0.2) is 42.2 Å². The number of fused-ring (bicyclic) bond motifs is 7. The molecule has 0 radical (unpaired) electrons. The first kappa shape index (κ1) is 44.3. The lowest BCUT2D eigenvalue weighted by Gasteiger charge is -2.48. The first-order valence-corrected chi connectivity index (χ1v) is 25.4. The van der Waals surface area contributed by atoms with E-state index in [-0.39, 0.29) is 58.8 Å². The number of carbonyl (C=O) groups excluding carboxylic acids is 1. The molecule has 0 saturated carbocycles. The lowest BCUT2D eigenvalue weighted by Crippen LogP contribution is -2.65. The Bertz CT molecular complexity index is 2600. The summed E-state index contributed by atoms with van der Waals surface area (Å²) < 4.78 is 68.1. The Balaban J connectivity index is 1.24. The van der Waals surface area contributed by atoms with Crippen LogP contribution in [0.1, 0.15) is 107 Å². The number of nitrogens with zero attached hydrogens (tertiary/aromatic N) is 6. The van der Waals surface area contributed by atoms with Crippen LogP contribution in [0.25, 0.3) is 32.9 Å². The van der Waals surface area contributed by atoms with Crippen LogP contribution in [-0.4, -0.2) is 101 Å². The molecule has 5 aliphatic rings. The molecule has 9 rings (SSSR count). The van der Waals surface area contributed by atoms with E-state index in [1.54, 1.807) is 18.2 Å². The van der Waals surface area contributed by atoms with Crippen molar-refractivity contribution in [1.82, 2.24) is 24.8 Å². The normalized spacial score (nSPS) is 25.0. The summed E-state index contributed by atoms with van der Waals surface area (Å²) in [5, 5.41) is 1.42. The molecule has 1 unspecified atom stereocenters. The Morgan fingerprint density at radius 3 is 2.47 bits per heavy atom. The van der Waals surface area contributed by atoms with Crippen molar-refractivity contribution < 1.29 is 32.2 Å². The molecule has 2 bridgehead atoms. The minimum absolute atomic E-state index is 0.0565. The van der Waals surface area contributed by atoms with E-state index < -0.39 is 43.0 Å². The minimum atomic E-state index is -2.31. The summed E-state index contributed by atoms with van der Waals surface area (Å²) in [6.07, 6.45) is 3.43. The summed E-state index contributed by atoms with van der Waals surface area (Å²) in [6, 6.07) is 7.56. The minimum Gasteiger partial charge on any atom is -0.472 e. The summed E-state index contributed by atoms with van der Waals surface area (Å²) in [4.78, 5) is 34.9. The second kappa shape index (κ2) is 16.2. The number of piperazine rings is 1. The third-order valence-corrected chi connectivity index (χ3v) is 21.3. The van der Waals surface area contributed by atoms with E-state index in [1.165, 1.54) is 6.07 Å². The number of hydrogen-bond donors (Lipinski definition) is 0. The maximum absolute atomic E-state index is 18.0. The van der Waals surface area contributed by atoms with Gasteiger partial charge in [-0.2, -0.15) is 9.97 Å². The predicted molar refractivity (Wildman–Crippen MR) is 247 cm³/mol. The van der Waals surface area contributed by atoms with Gasteiger partial charge in [0.2, 0.25) is 5.88 Å². The number of pyridine rings is 1. The van der Waals surface area contributed by atoms with Crippen LogP contribution >= 0.6 is 0 Å². The lowest BCUT2D eigenvalue weighted by atomic mass is 9.90. The number of ether oxygens (including phenoxy) is 3. The molecule has 5 atom stereocenters. The number of rotatable bonds is 7. The summed E-state index contributed by atoms with van der Waals surface area (Å²) in [6.45, 7) is 22.8. The van der Waals surface area contributed by atoms with Gasteiger partial charge in [-0.25, -0.2) is 22.9 Å². The number of aromatic nitrogens is 3. The van der Waals surface area contributed by atoms with Crippen LogP contribution in [0, 0.1) is 23.1 Å². The van der Waals surface area contributed by atoms with Crippen molar-refractivity contribution in [2.45, 2.75) is 153 Å². The fourth-order valence-corrected chi connectivity index (χ4v) is 17.5. The fourth-order valence-electron chi connectivity index (χ4n) is 12.2. The van der Waals surface area contributed by atoms with E-state index >= 15 is 8.78 Å². The van der Waals surface area contributed by atoms with Crippen molar-refractivity contribution in [3.8, 4) is 34.6 Å². The molecule has 7 heterocycles. The second-order valence-corrected chi connectivity index (χ2v) is 26.1. The third kappa shape index (κ3) is 7.02. The van der Waals surface area contributed by atoms with Crippen molar-refractivity contribution in [2.24, 2.45) is 0 Å². The van der Waals surface area contributed by atoms with Gasteiger partial charge >= 0.3 is 12.1 Å². The van der Waals surface area contributed by atoms with Crippen LogP contribution in [0.3, 0.4) is 0 Å². The van der Waals surface area contributed by atoms with Crippen LogP contribution in [0.2, 0.25) is 16.6 Å². The molecule has 10 nitrogen and oxygen atoms in total. The van der Waals surface area contributed by atoms with Crippen molar-refractivity contribution in [3.63, 3.8) is 0 Å². The molecule has 64 heavy (non-hydrogen) atoms. The molecule has 4 saturated heterocycles. The number of hydrogen-bond acceptors (Lipinski definition) is 9. The van der Waals surface area contributed by atoms with Gasteiger partial charge in [0, 0.05) is 24.0 Å². The maximum Gasteiger partial charge on any atom is 0.410 e. The summed E-state index contributed by atoms with van der Waals surface area (Å²) >= 11 is 0. The number of amides is 1. The van der Waals surface area contributed by atoms with Crippen LogP contribution in [0.4, 0.5) is 23.8 Å². The molecule has 5 aliphatic heterocycles. The van der Waals surface area contributed by atoms with E-state index in [2.05, 4.69) is 62.8 Å². The van der Waals surface area contributed by atoms with Gasteiger partial charge in [-0.3, -0.25) is 9.80 Å². The van der Waals surface area contributed by atoms with E-state index in [4.69, 9.17) is 29.2 Å². The second-order valence-electron chi connectivity index (χ2n) is 20.6. The Morgan fingerprint density at radius 1 is 1.02 bits per heavy atom. The number of anilines is 1. The van der Waals surface area contributed by atoms with E-state index in [0.717, 1.165) is 32.4 Å². The van der Waals surface area contributed by atoms with Crippen molar-refractivity contribution in [1.29, 1.82) is 0 Å². The van der Waals surface area contributed by atoms with Gasteiger partial charge in [-0.1, -0.05) is 71.7 Å². The average Bonchev–Trinajstić information content (AvgIpc) is 3.88. The van der Waals surface area contributed by atoms with Gasteiger partial charge in [0.1, 0.15) is 54.6 Å². The SMILES string of the molecule is CC(C)[Si](C#Cc1c(F)ccc2cccc(-c3nc4c5c(nc(OCC67CCCN6CC/C7=C\F)nc5c3F)N3C[C@H]5CC[C@@H]([C@H]3[C@H](C)O4)N5C(=O)OC(C)(C)C)c12)(C(C)C)C(C)C. The van der Waals surface area contributed by atoms with Crippen molar-refractivity contribution in [2.75, 3.05) is 31.1 Å². The quantitative estimate of drug-likeness (QED) is 0.133. The zero-order valence-corrected chi connectivity index (χ0v) is 39.8. The smallest absolute Gasteiger partial charge is 0.410 e. The maximum atomic E-state index is 18.0. The third-order valence-electron chi connectivity index (χ3n) is 15.0. The molecule has 14 heteroatoms. The zero-order valence-electron chi connectivity index (χ0n) is 38.8. The highest BCUT2D eigenvalue weighted by atomic mass is 28.3. The van der Waals surface area contributed by atoms with Gasteiger partial charge in [0.05, 0.1) is 35.6 Å². The predicted octanol–water partition coefficient (Wildman–Crippen LogP) is 10.9. The Hall–Kier alpha value is -4.87. The molecule has 340 valence electrons. The van der Waals surface area contributed by atoms with Gasteiger partial charge in [0.25, 0.3) is 0 Å². The van der Waals surface area contributed by atoms with E-state index in [1.807, 2.05) is 38.7 Å². The molecule has 0 aliphatic carbocycles. The fraction of sp³-hybridized carbons (Fsp3) is 0.560. The largest absolute Gasteiger partial charge is 0.472 e. The summed E-state index contributed by atoms with van der Waals surface area (Å²) in [5.41, 5.74) is 4.40. The number of benzene rings is 2. The van der Waals surface area contributed by atoms with Crippen molar-refractivity contribution >= 4 is 41.7 Å². The molecule has 2 aromatic heterocycles. The molecule has 4 aromatic rings. The zero-order chi connectivity index (χ0) is 45.6. The highest BCUT2D eigenvalue weighted by Gasteiger charge is 2.54. The Labute approximate surface area is 375 Å². The van der Waals surface area contributed by atoms with Gasteiger partial charge in [0.15, 0.2) is 5.82 Å². The van der Waals surface area contributed by atoms with Gasteiger partial charge in [-0.15, -0.1) is 5.54 Å². The first-order chi connectivity index (χ1) is 30.4. The van der Waals surface area contributed by atoms with E-state index in [0.29, 0.717) is 70.1 Å². The molecule has 4 fully saturated rings. The number of carbonyl (C=O) groups is 1.